The van der Waals surface area contributed by atoms with Crippen LogP contribution in [0.3, 0.4) is 0 Å². The highest BCUT2D eigenvalue weighted by Gasteiger charge is 2.37. The lowest BCUT2D eigenvalue weighted by Gasteiger charge is -2.21. The number of amides is 1. The number of nitrogens with zero attached hydrogens (tertiary/aromatic N) is 1. The van der Waals surface area contributed by atoms with E-state index in [2.05, 4.69) is 10.3 Å². The Kier molecular flexibility index (Phi) is 6.31. The number of halogens is 4. The second-order valence-electron chi connectivity index (χ2n) is 6.32. The molecule has 1 saturated carbocycles. The average Bonchev–Trinajstić information content (AvgIpc) is 3.17. The smallest absolute Gasteiger partial charge is 0.317 e. The molecule has 26 heavy (non-hydrogen) atoms. The van der Waals surface area contributed by atoms with Crippen molar-refractivity contribution in [3.63, 3.8) is 0 Å². The number of alkyl halides is 3. The van der Waals surface area contributed by atoms with E-state index in [9.17, 15) is 18.0 Å². The number of aromatic nitrogens is 1. The van der Waals surface area contributed by atoms with Gasteiger partial charge in [-0.2, -0.15) is 13.2 Å². The number of hydrogen-bond donors (Lipinski definition) is 2. The van der Waals surface area contributed by atoms with Gasteiger partial charge in [-0.15, -0.1) is 23.7 Å². The Hall–Kier alpha value is -1.64. The number of nitrogens with two attached hydrogens (primary N) is 1. The molecule has 1 aromatic carbocycles. The molecule has 1 aromatic heterocycles. The van der Waals surface area contributed by atoms with Crippen LogP contribution in [0.25, 0.3) is 0 Å². The predicted octanol–water partition coefficient (Wildman–Crippen LogP) is 4.38. The van der Waals surface area contributed by atoms with Gasteiger partial charge in [0, 0.05) is 17.5 Å². The molecule has 2 aromatic rings. The largest absolute Gasteiger partial charge is 0.416 e. The van der Waals surface area contributed by atoms with Gasteiger partial charge in [0.1, 0.15) is 0 Å². The van der Waals surface area contributed by atoms with Gasteiger partial charge in [0.15, 0.2) is 5.13 Å². The van der Waals surface area contributed by atoms with Crippen molar-refractivity contribution in [3.8, 4) is 0 Å². The number of rotatable bonds is 4. The molecular weight excluding hydrogens is 387 g/mol. The van der Waals surface area contributed by atoms with Crippen LogP contribution >= 0.6 is 23.7 Å². The molecule has 3 rings (SSSR count). The van der Waals surface area contributed by atoms with Gasteiger partial charge >= 0.3 is 6.18 Å². The molecule has 1 fully saturated rings. The third kappa shape index (κ3) is 4.75. The first kappa shape index (κ1) is 20.7. The van der Waals surface area contributed by atoms with Crippen LogP contribution in [0.1, 0.15) is 41.7 Å². The Labute approximate surface area is 159 Å². The van der Waals surface area contributed by atoms with Crippen LogP contribution in [0, 0.1) is 0 Å². The summed E-state index contributed by atoms with van der Waals surface area (Å²) < 4.78 is 37.7. The maximum atomic E-state index is 12.6. The maximum absolute atomic E-state index is 12.6. The molecule has 4 nitrogen and oxygen atoms in total. The highest BCUT2D eigenvalue weighted by atomic mass is 35.5. The fourth-order valence-electron chi connectivity index (χ4n) is 2.91. The minimum Gasteiger partial charge on any atom is -0.317 e. The van der Waals surface area contributed by atoms with Crippen molar-refractivity contribution in [3.05, 3.63) is 46.5 Å². The lowest BCUT2D eigenvalue weighted by Crippen LogP contribution is -2.48. The van der Waals surface area contributed by atoms with E-state index in [1.165, 1.54) is 23.5 Å². The molecule has 3 N–H and O–H groups in total. The summed E-state index contributed by atoms with van der Waals surface area (Å²) in [5.74, 6) is -0.222. The summed E-state index contributed by atoms with van der Waals surface area (Å²) in [4.78, 5) is 17.3. The van der Waals surface area contributed by atoms with E-state index in [1.807, 2.05) is 0 Å². The lowest BCUT2D eigenvalue weighted by molar-refractivity contribution is -0.137. The molecule has 0 atom stereocenters. The van der Waals surface area contributed by atoms with Crippen LogP contribution in [0.5, 0.6) is 0 Å². The molecule has 1 aliphatic carbocycles. The van der Waals surface area contributed by atoms with Gasteiger partial charge < -0.3 is 11.1 Å². The third-order valence-corrected chi connectivity index (χ3v) is 5.29. The summed E-state index contributed by atoms with van der Waals surface area (Å²) in [5.41, 5.74) is 5.37. The highest BCUT2D eigenvalue weighted by Crippen LogP contribution is 2.31. The Bertz CT molecular complexity index is 755. The first-order chi connectivity index (χ1) is 11.8. The normalized spacial score (nSPS) is 16.2. The second-order valence-corrected chi connectivity index (χ2v) is 7.44. The fourth-order valence-corrected chi connectivity index (χ4v) is 3.76. The van der Waals surface area contributed by atoms with Crippen molar-refractivity contribution in [1.29, 1.82) is 0 Å². The van der Waals surface area contributed by atoms with Gasteiger partial charge in [-0.3, -0.25) is 4.79 Å². The fraction of sp³-hybridized carbons (Fsp3) is 0.412. The minimum atomic E-state index is -4.33. The number of benzene rings is 1. The van der Waals surface area contributed by atoms with Crippen LogP contribution in [0.4, 0.5) is 18.3 Å². The zero-order valence-corrected chi connectivity index (χ0v) is 15.4. The van der Waals surface area contributed by atoms with Crippen LogP contribution < -0.4 is 11.1 Å². The summed E-state index contributed by atoms with van der Waals surface area (Å²) in [5, 5.41) is 3.22. The van der Waals surface area contributed by atoms with Crippen molar-refractivity contribution in [2.45, 2.75) is 43.8 Å². The molecule has 0 aliphatic heterocycles. The zero-order valence-electron chi connectivity index (χ0n) is 13.8. The van der Waals surface area contributed by atoms with E-state index in [1.54, 1.807) is 6.20 Å². The standard InChI is InChI=1S/C17H18F3N3OS.ClH/c18-17(19,20)12-5-3-11(4-6-12)9-13-10-22-15(25-13)23-14(24)16(21)7-1-2-8-16;/h3-6,10H,1-2,7-9,21H2,(H,22,23,24);1H. The van der Waals surface area contributed by atoms with Crippen molar-refractivity contribution >= 4 is 34.8 Å². The molecule has 1 amide bonds. The monoisotopic (exact) mass is 405 g/mol. The number of thiazole rings is 1. The highest BCUT2D eigenvalue weighted by molar-refractivity contribution is 7.15. The van der Waals surface area contributed by atoms with Crippen molar-refractivity contribution < 1.29 is 18.0 Å². The minimum absolute atomic E-state index is 0. The Balaban J connectivity index is 0.00000243. The summed E-state index contributed by atoms with van der Waals surface area (Å²) >= 11 is 1.30. The van der Waals surface area contributed by atoms with Gasteiger partial charge in [0.25, 0.3) is 0 Å². The third-order valence-electron chi connectivity index (χ3n) is 4.38. The molecule has 142 valence electrons. The maximum Gasteiger partial charge on any atom is 0.416 e. The van der Waals surface area contributed by atoms with E-state index < -0.39 is 17.3 Å². The number of hydrogen-bond acceptors (Lipinski definition) is 4. The zero-order chi connectivity index (χ0) is 18.1. The van der Waals surface area contributed by atoms with Gasteiger partial charge in [0.05, 0.1) is 11.1 Å². The van der Waals surface area contributed by atoms with E-state index >= 15 is 0 Å². The SMILES string of the molecule is Cl.NC1(C(=O)Nc2ncc(Cc3ccc(C(F)(F)F)cc3)s2)CCCC1. The molecule has 0 unspecified atom stereocenters. The van der Waals surface area contributed by atoms with E-state index in [-0.39, 0.29) is 18.3 Å². The number of carbonyl (C=O) groups excluding carboxylic acids is 1. The first-order valence-corrected chi connectivity index (χ1v) is 8.79. The second kappa shape index (κ2) is 7.94. The van der Waals surface area contributed by atoms with Crippen LogP contribution in [-0.4, -0.2) is 16.4 Å². The van der Waals surface area contributed by atoms with Gasteiger partial charge in [-0.05, 0) is 30.5 Å². The Morgan fingerprint density at radius 2 is 1.85 bits per heavy atom. The molecule has 0 saturated heterocycles. The Morgan fingerprint density at radius 3 is 2.42 bits per heavy atom. The summed E-state index contributed by atoms with van der Waals surface area (Å²) in [6.45, 7) is 0. The molecule has 1 aliphatic rings. The van der Waals surface area contributed by atoms with Crippen molar-refractivity contribution in [2.24, 2.45) is 5.73 Å². The predicted molar refractivity (Wildman–Crippen MR) is 97.6 cm³/mol. The first-order valence-electron chi connectivity index (χ1n) is 7.97. The number of nitrogens with one attached hydrogen (secondary N) is 1. The summed E-state index contributed by atoms with van der Waals surface area (Å²) in [6.07, 6.45) is 0.973. The van der Waals surface area contributed by atoms with Crippen molar-refractivity contribution in [2.75, 3.05) is 5.32 Å². The van der Waals surface area contributed by atoms with Crippen LogP contribution in [0.2, 0.25) is 0 Å². The molecular formula is C17H19ClF3N3OS. The quantitative estimate of drug-likeness (QED) is 0.792. The summed E-state index contributed by atoms with van der Waals surface area (Å²) in [6, 6.07) is 5.04. The summed E-state index contributed by atoms with van der Waals surface area (Å²) in [7, 11) is 0. The van der Waals surface area contributed by atoms with Gasteiger partial charge in [0.2, 0.25) is 5.91 Å². The average molecular weight is 406 g/mol. The van der Waals surface area contributed by atoms with Crippen LogP contribution in [-0.2, 0) is 17.4 Å². The molecule has 0 spiro atoms. The van der Waals surface area contributed by atoms with Crippen molar-refractivity contribution in [1.82, 2.24) is 4.98 Å². The van der Waals surface area contributed by atoms with Crippen LogP contribution in [0.15, 0.2) is 30.5 Å². The molecule has 0 radical (unpaired) electrons. The topological polar surface area (TPSA) is 68.0 Å². The van der Waals surface area contributed by atoms with Gasteiger partial charge in [-0.1, -0.05) is 25.0 Å². The van der Waals surface area contributed by atoms with Gasteiger partial charge in [-0.25, -0.2) is 4.98 Å². The molecule has 9 heteroatoms. The number of anilines is 1. The number of carbonyl (C=O) groups is 1. The van der Waals surface area contributed by atoms with E-state index in [0.29, 0.717) is 24.4 Å². The lowest BCUT2D eigenvalue weighted by atomic mass is 9.98. The van der Waals surface area contributed by atoms with E-state index in [0.717, 1.165) is 35.4 Å². The van der Waals surface area contributed by atoms with E-state index in [4.69, 9.17) is 5.73 Å². The molecule has 0 bridgehead atoms. The Morgan fingerprint density at radius 1 is 1.23 bits per heavy atom. The molecule has 1 heterocycles.